The van der Waals surface area contributed by atoms with Crippen LogP contribution in [0.5, 0.6) is 0 Å². The van der Waals surface area contributed by atoms with Gasteiger partial charge in [-0.05, 0) is 66.6 Å². The van der Waals surface area contributed by atoms with E-state index in [0.29, 0.717) is 43.7 Å². The van der Waals surface area contributed by atoms with Gasteiger partial charge in [-0.25, -0.2) is 4.99 Å². The van der Waals surface area contributed by atoms with Gasteiger partial charge in [0.2, 0.25) is 0 Å². The Bertz CT molecular complexity index is 966. The summed E-state index contributed by atoms with van der Waals surface area (Å²) in [6.45, 7) is 2.86. The number of anilines is 1. The Morgan fingerprint density at radius 2 is 1.68 bits per heavy atom. The van der Waals surface area contributed by atoms with Crippen LogP contribution in [-0.2, 0) is 13.1 Å². The predicted molar refractivity (Wildman–Crippen MR) is 171 cm³/mol. The Labute approximate surface area is 256 Å². The van der Waals surface area contributed by atoms with Crippen LogP contribution in [0.2, 0.25) is 10.0 Å². The number of likely N-dealkylation sites (N-methyl/N-ethyl adjacent to an activating group) is 1. The third-order valence-electron chi connectivity index (χ3n) is 4.17. The molecule has 6 N–H and O–H groups in total. The van der Waals surface area contributed by atoms with Gasteiger partial charge >= 0.3 is 50.5 Å². The molecular weight excluding hydrogens is 927 g/mol. The number of nitrogens with zero attached hydrogens (tertiary/aromatic N) is 3. The fourth-order valence-corrected chi connectivity index (χ4v) is 3.23. The van der Waals surface area contributed by atoms with Gasteiger partial charge in [-0.1, -0.05) is 51.7 Å². The standard InChI is InChI=1S/C11H14ClN3.C10H12ClN3.CH3I.I3/c1-15(6-2-5-13)8-9-7-10(12)3-4-11(9)14;1-14-5-7-4-8(11)2-3-9(7)13-10(12)6-14;1-2;1-3-2/h3-4,7H,6,8,13-14H2,1H3;2-4H,5-6H2,1H3,(H2,12,13);1H3;/q;;;-1. The second kappa shape index (κ2) is 20.5. The van der Waals surface area contributed by atoms with E-state index < -0.39 is 0 Å². The number of amidine groups is 1. The average Bonchev–Trinajstić information content (AvgIpc) is 2.93. The van der Waals surface area contributed by atoms with Crippen molar-refractivity contribution in [1.29, 1.82) is 0 Å². The molecule has 0 unspecified atom stereocenters. The molecular formula is C22H29Cl2I4N6-. The molecule has 1 heterocycles. The van der Waals surface area contributed by atoms with Crippen molar-refractivity contribution in [2.75, 3.05) is 37.8 Å². The molecule has 1 aliphatic rings. The molecule has 0 amide bonds. The molecule has 0 saturated heterocycles. The number of benzene rings is 2. The molecule has 0 spiro atoms. The Hall–Kier alpha value is 0.490. The summed E-state index contributed by atoms with van der Waals surface area (Å²) in [7, 11) is 3.96. The van der Waals surface area contributed by atoms with E-state index in [9.17, 15) is 0 Å². The van der Waals surface area contributed by atoms with E-state index in [-0.39, 0.29) is 0 Å². The zero-order chi connectivity index (χ0) is 26.1. The summed E-state index contributed by atoms with van der Waals surface area (Å²) >= 11 is 19.2. The van der Waals surface area contributed by atoms with Crippen molar-refractivity contribution in [1.82, 2.24) is 9.80 Å². The van der Waals surface area contributed by atoms with E-state index in [1.165, 1.54) is 0 Å². The fourth-order valence-electron chi connectivity index (χ4n) is 2.84. The van der Waals surface area contributed by atoms with Crippen molar-refractivity contribution in [2.45, 2.75) is 13.1 Å². The quantitative estimate of drug-likeness (QED) is 0.145. The van der Waals surface area contributed by atoms with Crippen LogP contribution in [0.4, 0.5) is 11.4 Å². The summed E-state index contributed by atoms with van der Waals surface area (Å²) in [5.74, 6) is 3.43. The van der Waals surface area contributed by atoms with Crippen LogP contribution in [0.25, 0.3) is 0 Å². The third-order valence-corrected chi connectivity index (χ3v) is 4.64. The van der Waals surface area contributed by atoms with Gasteiger partial charge in [0.05, 0.1) is 18.8 Å². The number of rotatable bonds is 3. The van der Waals surface area contributed by atoms with E-state index in [1.54, 1.807) is 12.1 Å². The first-order valence-electron chi connectivity index (χ1n) is 9.65. The van der Waals surface area contributed by atoms with Gasteiger partial charge in [-0.15, -0.1) is 0 Å². The number of halogens is 6. The molecule has 190 valence electrons. The Morgan fingerprint density at radius 3 is 2.29 bits per heavy atom. The summed E-state index contributed by atoms with van der Waals surface area (Å²) < 4.78 is 0. The molecule has 0 aromatic heterocycles. The van der Waals surface area contributed by atoms with E-state index in [4.69, 9.17) is 40.4 Å². The van der Waals surface area contributed by atoms with Crippen LogP contribution in [0.15, 0.2) is 41.4 Å². The van der Waals surface area contributed by atoms with Crippen LogP contribution < -0.4 is 30.5 Å². The molecule has 0 saturated carbocycles. The van der Waals surface area contributed by atoms with Crippen LogP contribution in [0.1, 0.15) is 11.1 Å². The minimum atomic E-state index is 0.530. The monoisotopic (exact) mass is 955 g/mol. The van der Waals surface area contributed by atoms with Gasteiger partial charge in [-0.3, -0.25) is 9.80 Å². The van der Waals surface area contributed by atoms with Crippen molar-refractivity contribution in [3.05, 3.63) is 57.6 Å². The summed E-state index contributed by atoms with van der Waals surface area (Å²) in [4.78, 5) is 10.4. The summed E-state index contributed by atoms with van der Waals surface area (Å²) in [6.07, 6.45) is 0. The first-order valence-corrected chi connectivity index (χ1v) is 25.1. The number of fused-ring (bicyclic) bond motifs is 1. The topological polar surface area (TPSA) is 96.9 Å². The van der Waals surface area contributed by atoms with Crippen molar-refractivity contribution in [2.24, 2.45) is 16.5 Å². The minimum absolute atomic E-state index is 0.530. The molecule has 0 bridgehead atoms. The van der Waals surface area contributed by atoms with Gasteiger partial charge in [0.15, 0.2) is 0 Å². The van der Waals surface area contributed by atoms with Gasteiger partial charge in [0.25, 0.3) is 0 Å². The number of hydrogen-bond donors (Lipinski definition) is 3. The maximum atomic E-state index is 5.92. The van der Waals surface area contributed by atoms with Crippen molar-refractivity contribution < 1.29 is 13.3 Å². The third kappa shape index (κ3) is 14.9. The Kier molecular flexibility index (Phi) is 20.8. The molecule has 6 nitrogen and oxygen atoms in total. The van der Waals surface area contributed by atoms with Gasteiger partial charge in [0, 0.05) is 34.9 Å². The SMILES string of the molecule is CI.CN(CC#CN)Cc1cc(Cl)ccc1N.CN1CC(N)=Nc2ccc(Cl)cc2C1.I[I-]I. The van der Waals surface area contributed by atoms with Crippen LogP contribution >= 0.6 is 83.0 Å². The zero-order valence-electron chi connectivity index (χ0n) is 19.1. The Morgan fingerprint density at radius 1 is 1.09 bits per heavy atom. The molecule has 0 fully saturated rings. The second-order valence-corrected chi connectivity index (χ2v) is 24.1. The van der Waals surface area contributed by atoms with Gasteiger partial charge in [0.1, 0.15) is 5.84 Å². The molecule has 0 radical (unpaired) electrons. The number of nitrogens with two attached hydrogens (primary N) is 3. The summed E-state index contributed by atoms with van der Waals surface area (Å²) in [5.41, 5.74) is 20.5. The van der Waals surface area contributed by atoms with E-state index in [1.807, 2.05) is 48.2 Å². The normalized spacial score (nSPS) is 12.2. The Balaban J connectivity index is 0.000000540. The van der Waals surface area contributed by atoms with Crippen molar-refractivity contribution >= 4 is 100 Å². The molecule has 1 aliphatic heterocycles. The van der Waals surface area contributed by atoms with Crippen molar-refractivity contribution in [3.63, 3.8) is 0 Å². The maximum absolute atomic E-state index is 5.92. The van der Waals surface area contributed by atoms with E-state index in [0.717, 1.165) is 34.1 Å². The molecule has 2 aromatic rings. The van der Waals surface area contributed by atoms with Crippen LogP contribution in [0, 0.1) is 12.0 Å². The number of nitrogen functional groups attached to an aromatic ring is 1. The van der Waals surface area contributed by atoms with Gasteiger partial charge in [-0.2, -0.15) is 0 Å². The fraction of sp³-hybridized carbons (Fsp3) is 0.318. The molecule has 3 rings (SSSR count). The molecule has 0 atom stereocenters. The van der Waals surface area contributed by atoms with Gasteiger partial charge < -0.3 is 17.2 Å². The van der Waals surface area contributed by atoms with E-state index >= 15 is 0 Å². The predicted octanol–water partition coefficient (Wildman–Crippen LogP) is 2.87. The number of aliphatic imine (C=N–C) groups is 1. The summed E-state index contributed by atoms with van der Waals surface area (Å²) in [5, 5.41) is 1.44. The number of alkyl halides is 1. The van der Waals surface area contributed by atoms with E-state index in [2.05, 4.69) is 81.7 Å². The molecule has 12 heteroatoms. The summed E-state index contributed by atoms with van der Waals surface area (Å²) in [6, 6.07) is 13.5. The van der Waals surface area contributed by atoms with Crippen LogP contribution in [-0.4, -0.2) is 47.8 Å². The first kappa shape index (κ1) is 34.5. The van der Waals surface area contributed by atoms with Crippen molar-refractivity contribution in [3.8, 4) is 12.0 Å². The first-order chi connectivity index (χ1) is 16.2. The molecule has 0 aliphatic carbocycles. The van der Waals surface area contributed by atoms with Crippen LogP contribution in [0.3, 0.4) is 0 Å². The molecule has 34 heavy (non-hydrogen) atoms. The zero-order valence-corrected chi connectivity index (χ0v) is 29.3. The second-order valence-electron chi connectivity index (χ2n) is 6.94. The average molecular weight is 956 g/mol. The molecule has 2 aromatic carbocycles. The number of hydrogen-bond acceptors (Lipinski definition) is 6.